The van der Waals surface area contributed by atoms with Gasteiger partial charge in [-0.2, -0.15) is 13.9 Å². The molecule has 1 aliphatic carbocycles. The Kier molecular flexibility index (Phi) is 2.84. The van der Waals surface area contributed by atoms with E-state index in [1.54, 1.807) is 0 Å². The van der Waals surface area contributed by atoms with Crippen LogP contribution in [0.4, 0.5) is 8.78 Å². The van der Waals surface area contributed by atoms with E-state index >= 15 is 0 Å². The predicted molar refractivity (Wildman–Crippen MR) is 56.7 cm³/mol. The molecule has 0 amide bonds. The fourth-order valence-electron chi connectivity index (χ4n) is 2.23. The number of rotatable bonds is 3. The maximum atomic E-state index is 12.4. The zero-order chi connectivity index (χ0) is 11.8. The summed E-state index contributed by atoms with van der Waals surface area (Å²) >= 11 is 0. The molecule has 2 heterocycles. The molecule has 1 saturated heterocycles. The first-order chi connectivity index (χ1) is 8.24. The van der Waals surface area contributed by atoms with Gasteiger partial charge in [0.25, 0.3) is 0 Å². The molecule has 1 aliphatic heterocycles. The van der Waals surface area contributed by atoms with E-state index in [2.05, 4.69) is 10.4 Å². The minimum absolute atomic E-state index is 0.151. The van der Waals surface area contributed by atoms with Gasteiger partial charge in [0.15, 0.2) is 0 Å². The zero-order valence-corrected chi connectivity index (χ0v) is 9.35. The number of halogens is 2. The van der Waals surface area contributed by atoms with E-state index in [1.165, 1.54) is 25.2 Å². The van der Waals surface area contributed by atoms with Crippen LogP contribution in [0, 0.1) is 5.92 Å². The first-order valence-electron chi connectivity index (χ1n) is 5.92. The third-order valence-corrected chi connectivity index (χ3v) is 3.36. The summed E-state index contributed by atoms with van der Waals surface area (Å²) in [6, 6.07) is 0. The van der Waals surface area contributed by atoms with Crippen molar-refractivity contribution in [1.29, 1.82) is 0 Å². The minimum atomic E-state index is -2.58. The highest BCUT2D eigenvalue weighted by Gasteiger charge is 2.36. The van der Waals surface area contributed by atoms with Crippen LogP contribution >= 0.6 is 0 Å². The van der Waals surface area contributed by atoms with Crippen LogP contribution in [0.1, 0.15) is 31.1 Å². The van der Waals surface area contributed by atoms with Crippen molar-refractivity contribution in [1.82, 2.24) is 15.1 Å². The summed E-state index contributed by atoms with van der Waals surface area (Å²) in [6.45, 7) is -1.05. The van der Waals surface area contributed by atoms with Gasteiger partial charge in [0.05, 0.1) is 18.4 Å². The van der Waals surface area contributed by atoms with E-state index in [1.807, 2.05) is 0 Å². The standard InChI is InChI=1S/C11H15F2N3O/c12-11(13)16-6-8(3-15-16)10-5-14-4-9(17-10)7-1-2-7/h3,6-7,9-11,14H,1-2,4-5H2. The number of ether oxygens (including phenoxy) is 1. The molecular weight excluding hydrogens is 228 g/mol. The molecule has 2 fully saturated rings. The normalized spacial score (nSPS) is 29.8. The highest BCUT2D eigenvalue weighted by atomic mass is 19.3. The average molecular weight is 243 g/mol. The molecule has 1 aromatic rings. The molecule has 1 saturated carbocycles. The summed E-state index contributed by atoms with van der Waals surface area (Å²) < 4.78 is 31.4. The highest BCUT2D eigenvalue weighted by Crippen LogP contribution is 2.37. The quantitative estimate of drug-likeness (QED) is 0.878. The zero-order valence-electron chi connectivity index (χ0n) is 9.35. The molecular formula is C11H15F2N3O. The molecule has 4 nitrogen and oxygen atoms in total. The van der Waals surface area contributed by atoms with Gasteiger partial charge < -0.3 is 10.1 Å². The molecule has 1 aromatic heterocycles. The highest BCUT2D eigenvalue weighted by molar-refractivity contribution is 5.10. The molecule has 2 unspecified atom stereocenters. The van der Waals surface area contributed by atoms with Crippen molar-refractivity contribution >= 4 is 0 Å². The Hall–Kier alpha value is -1.01. The van der Waals surface area contributed by atoms with Gasteiger partial charge in [-0.3, -0.25) is 0 Å². The van der Waals surface area contributed by atoms with Gasteiger partial charge in [0.1, 0.15) is 0 Å². The lowest BCUT2D eigenvalue weighted by atomic mass is 10.1. The summed E-state index contributed by atoms with van der Waals surface area (Å²) in [5, 5.41) is 6.93. The van der Waals surface area contributed by atoms with Crippen molar-refractivity contribution in [3.8, 4) is 0 Å². The molecule has 94 valence electrons. The van der Waals surface area contributed by atoms with Crippen LogP contribution in [0.5, 0.6) is 0 Å². The maximum absolute atomic E-state index is 12.4. The lowest BCUT2D eigenvalue weighted by molar-refractivity contribution is -0.0495. The smallest absolute Gasteiger partial charge is 0.333 e. The Labute approximate surface area is 97.9 Å². The van der Waals surface area contributed by atoms with Crippen LogP contribution in [0.2, 0.25) is 0 Å². The second kappa shape index (κ2) is 4.34. The van der Waals surface area contributed by atoms with Crippen LogP contribution < -0.4 is 5.32 Å². The number of nitrogens with one attached hydrogen (secondary N) is 1. The Morgan fingerprint density at radius 3 is 2.88 bits per heavy atom. The molecule has 0 radical (unpaired) electrons. The molecule has 6 heteroatoms. The van der Waals surface area contributed by atoms with E-state index in [0.717, 1.165) is 12.1 Å². The van der Waals surface area contributed by atoms with Gasteiger partial charge in [0.2, 0.25) is 0 Å². The maximum Gasteiger partial charge on any atom is 0.333 e. The number of hydrogen-bond donors (Lipinski definition) is 1. The van der Waals surface area contributed by atoms with Crippen molar-refractivity contribution in [2.75, 3.05) is 13.1 Å². The molecule has 0 spiro atoms. The lowest BCUT2D eigenvalue weighted by Gasteiger charge is -2.30. The second-order valence-electron chi connectivity index (χ2n) is 4.69. The van der Waals surface area contributed by atoms with Gasteiger partial charge in [-0.1, -0.05) is 0 Å². The van der Waals surface area contributed by atoms with E-state index in [-0.39, 0.29) is 12.2 Å². The third kappa shape index (κ3) is 2.32. The van der Waals surface area contributed by atoms with Crippen LogP contribution in [0.3, 0.4) is 0 Å². The molecule has 2 atom stereocenters. The van der Waals surface area contributed by atoms with Crippen molar-refractivity contribution in [3.63, 3.8) is 0 Å². The van der Waals surface area contributed by atoms with E-state index < -0.39 is 6.55 Å². The lowest BCUT2D eigenvalue weighted by Crippen LogP contribution is -2.41. The van der Waals surface area contributed by atoms with Crippen LogP contribution in [0.15, 0.2) is 12.4 Å². The van der Waals surface area contributed by atoms with Gasteiger partial charge in [0, 0.05) is 24.8 Å². The first-order valence-corrected chi connectivity index (χ1v) is 5.92. The van der Waals surface area contributed by atoms with Crippen molar-refractivity contribution < 1.29 is 13.5 Å². The topological polar surface area (TPSA) is 39.1 Å². The fraction of sp³-hybridized carbons (Fsp3) is 0.727. The monoisotopic (exact) mass is 243 g/mol. The van der Waals surface area contributed by atoms with E-state index in [4.69, 9.17) is 4.74 Å². The van der Waals surface area contributed by atoms with E-state index in [0.29, 0.717) is 17.1 Å². The summed E-state index contributed by atoms with van der Waals surface area (Å²) in [7, 11) is 0. The molecule has 2 aliphatic rings. The number of alkyl halides is 2. The Morgan fingerprint density at radius 2 is 2.24 bits per heavy atom. The predicted octanol–water partition coefficient (Wildman–Crippen LogP) is 1.72. The number of nitrogens with zero attached hydrogens (tertiary/aromatic N) is 2. The molecule has 3 rings (SSSR count). The fourth-order valence-corrected chi connectivity index (χ4v) is 2.23. The second-order valence-corrected chi connectivity index (χ2v) is 4.69. The van der Waals surface area contributed by atoms with Crippen LogP contribution in [0.25, 0.3) is 0 Å². The van der Waals surface area contributed by atoms with Crippen molar-refractivity contribution in [3.05, 3.63) is 18.0 Å². The molecule has 0 aromatic carbocycles. The molecule has 1 N–H and O–H groups in total. The van der Waals surface area contributed by atoms with E-state index in [9.17, 15) is 8.78 Å². The Morgan fingerprint density at radius 1 is 1.41 bits per heavy atom. The SMILES string of the molecule is FC(F)n1cc(C2CNCC(C3CC3)O2)cn1. The van der Waals surface area contributed by atoms with Crippen molar-refractivity contribution in [2.45, 2.75) is 31.6 Å². The largest absolute Gasteiger partial charge is 0.367 e. The van der Waals surface area contributed by atoms with Gasteiger partial charge >= 0.3 is 6.55 Å². The third-order valence-electron chi connectivity index (χ3n) is 3.36. The summed E-state index contributed by atoms with van der Waals surface area (Å²) in [5.41, 5.74) is 0.725. The summed E-state index contributed by atoms with van der Waals surface area (Å²) in [4.78, 5) is 0. The minimum Gasteiger partial charge on any atom is -0.367 e. The molecule has 0 bridgehead atoms. The first kappa shape index (κ1) is 11.1. The average Bonchev–Trinajstić information content (AvgIpc) is 3.06. The summed E-state index contributed by atoms with van der Waals surface area (Å²) in [5.74, 6) is 0.649. The van der Waals surface area contributed by atoms with Crippen LogP contribution in [-0.2, 0) is 4.74 Å². The number of aromatic nitrogens is 2. The summed E-state index contributed by atoms with van der Waals surface area (Å²) in [6.07, 6.45) is 5.34. The molecule has 17 heavy (non-hydrogen) atoms. The van der Waals surface area contributed by atoms with Gasteiger partial charge in [-0.25, -0.2) is 4.68 Å². The number of morpholine rings is 1. The van der Waals surface area contributed by atoms with Gasteiger partial charge in [-0.05, 0) is 18.8 Å². The van der Waals surface area contributed by atoms with Crippen LogP contribution in [-0.4, -0.2) is 29.0 Å². The van der Waals surface area contributed by atoms with Crippen molar-refractivity contribution in [2.24, 2.45) is 5.92 Å². The Balaban J connectivity index is 1.69. The number of hydrogen-bond acceptors (Lipinski definition) is 3. The Bertz CT molecular complexity index is 392. The van der Waals surface area contributed by atoms with Gasteiger partial charge in [-0.15, -0.1) is 0 Å².